The van der Waals surface area contributed by atoms with Crippen LogP contribution in [-0.4, -0.2) is 46.0 Å². The van der Waals surface area contributed by atoms with Crippen molar-refractivity contribution in [3.05, 3.63) is 281 Å². The van der Waals surface area contributed by atoms with Crippen molar-refractivity contribution < 1.29 is 39.8 Å². The molecule has 0 spiro atoms. The maximum absolute atomic E-state index is 5.58. The third kappa shape index (κ3) is 13.6. The van der Waals surface area contributed by atoms with E-state index in [9.17, 15) is 0 Å². The fraction of sp³-hybridized carbons (Fsp3) is 0.268. The number of hydrogen-bond acceptors (Lipinski definition) is 4. The van der Waals surface area contributed by atoms with Crippen LogP contribution in [0.1, 0.15) is 163 Å². The van der Waals surface area contributed by atoms with Gasteiger partial charge in [0.1, 0.15) is 23.0 Å². The molecule has 0 aliphatic heterocycles. The monoisotopic (exact) mass is 1350 g/mol. The molecule has 8 aromatic rings. The minimum atomic E-state index is -1.10. The number of allylic oxidation sites excluding steroid dienone is 12. The molecule has 0 N–H and O–H groups in total. The minimum absolute atomic E-state index is 0.215. The second kappa shape index (κ2) is 30.4. The van der Waals surface area contributed by atoms with Crippen LogP contribution in [0.2, 0.25) is 13.1 Å². The van der Waals surface area contributed by atoms with Crippen molar-refractivity contribution in [1.29, 1.82) is 0 Å². The van der Waals surface area contributed by atoms with E-state index >= 15 is 0 Å². The quantitative estimate of drug-likeness (QED) is 0.0714. The van der Waals surface area contributed by atoms with Gasteiger partial charge >= 0.3 is 37.9 Å². The van der Waals surface area contributed by atoms with Crippen molar-refractivity contribution in [2.24, 2.45) is 0 Å². The van der Waals surface area contributed by atoms with E-state index in [4.69, 9.17) is 36.0 Å². The number of methoxy groups -OCH3 is 4. The third-order valence-electron chi connectivity index (χ3n) is 19.1. The first kappa shape index (κ1) is 67.2. The Hall–Kier alpha value is -6.70. The second-order valence-electron chi connectivity index (χ2n) is 24.2. The van der Waals surface area contributed by atoms with Gasteiger partial charge in [-0.25, -0.2) is 0 Å². The predicted molar refractivity (Wildman–Crippen MR) is 390 cm³/mol. The van der Waals surface area contributed by atoms with Crippen molar-refractivity contribution >= 4 is 79.7 Å². The maximum atomic E-state index is 5.58. The molecule has 91 heavy (non-hydrogen) atoms. The van der Waals surface area contributed by atoms with Crippen LogP contribution in [0.3, 0.4) is 0 Å². The van der Waals surface area contributed by atoms with E-state index in [0.29, 0.717) is 0 Å². The van der Waals surface area contributed by atoms with Crippen LogP contribution >= 0.6 is 17.0 Å². The van der Waals surface area contributed by atoms with Gasteiger partial charge < -0.3 is 18.9 Å². The van der Waals surface area contributed by atoms with Gasteiger partial charge in [-0.15, -0.1) is 91.6 Å². The summed E-state index contributed by atoms with van der Waals surface area (Å²) < 4.78 is 22.3. The van der Waals surface area contributed by atoms with Crippen molar-refractivity contribution in [3.8, 4) is 23.0 Å². The summed E-state index contributed by atoms with van der Waals surface area (Å²) in [6.07, 6.45) is 40.9. The first-order valence-electron chi connectivity index (χ1n) is 32.1. The van der Waals surface area contributed by atoms with Gasteiger partial charge in [0.2, 0.25) is 0 Å². The van der Waals surface area contributed by atoms with Gasteiger partial charge in [0.05, 0.1) is 28.4 Å². The summed E-state index contributed by atoms with van der Waals surface area (Å²) in [7, 11) is 14.7. The topological polar surface area (TPSA) is 36.9 Å². The first-order valence-corrected chi connectivity index (χ1v) is 42.5. The molecule has 8 aromatic carbocycles. The van der Waals surface area contributed by atoms with Crippen LogP contribution in [0.5, 0.6) is 23.0 Å². The molecule has 0 aromatic heterocycles. The molecular weight excluding hydrogens is 1270 g/mol. The number of hydrogen-bond donors (Lipinski definition) is 0. The standard InChI is InChI=1S/2C41H43O2Si.2ClH.Zr/c2*1-8-28-24-36-32(30-18-20-38(42-5)26(3)22-30)14-10-12-16-34(36)40(28)44(7)41-29(9-2)25-37-33(15-11-13-17-35(37)41)31-19-21-39(43-6)27(4)23-31;;;/h2*10-25,32-33H,8-9H2,1-7H3;2*1H;/q2*-2;;;+2/p-2. The normalized spacial score (nSPS) is 16.6. The Labute approximate surface area is 565 Å². The number of benzene rings is 4. The molecule has 0 fully saturated rings. The van der Waals surface area contributed by atoms with E-state index in [0.717, 1.165) is 48.7 Å². The summed E-state index contributed by atoms with van der Waals surface area (Å²) >= 11 is -0.826. The van der Waals surface area contributed by atoms with Gasteiger partial charge in [0.15, 0.2) is 0 Å². The van der Waals surface area contributed by atoms with E-state index in [-0.39, 0.29) is 23.7 Å². The van der Waals surface area contributed by atoms with Crippen molar-refractivity contribution in [3.63, 3.8) is 0 Å². The molecule has 0 heterocycles. The number of rotatable bonds is 16. The SMILES string of the molecule is CCc1cc2c([c-]1[Si](C)[c-]1c(CC)cc3c1C=CC=CC3c1ccc(OC)c(C)c1)C=CC=CC2c1ccc(OC)c(C)c1.CCc1cc2c([c-]1[Si](C)[c-]1c(CC)cc3c1C=CC=CC3c1ccc(OC)c(C)c1)C=CC=CC2c1ccc(OC)c(C)c1.[Cl][Zr][Cl]. The number of fused-ring (bicyclic) bond motifs is 4. The zero-order valence-electron chi connectivity index (χ0n) is 55.5. The zero-order valence-corrected chi connectivity index (χ0v) is 61.5. The summed E-state index contributed by atoms with van der Waals surface area (Å²) in [4.78, 5) is 0. The number of ether oxygens (including phenoxy) is 4. The molecule has 0 saturated heterocycles. The first-order chi connectivity index (χ1) is 44.2. The molecule has 4 aliphatic rings. The summed E-state index contributed by atoms with van der Waals surface area (Å²) in [5.41, 5.74) is 27.4. The van der Waals surface area contributed by atoms with Gasteiger partial charge in [-0.2, -0.15) is 68.8 Å². The molecule has 2 radical (unpaired) electrons. The van der Waals surface area contributed by atoms with Crippen LogP contribution in [0.15, 0.2) is 170 Å². The van der Waals surface area contributed by atoms with Crippen molar-refractivity contribution in [2.45, 2.75) is 118 Å². The Bertz CT molecular complexity index is 3650. The average molecular weight is 1350 g/mol. The van der Waals surface area contributed by atoms with E-state index in [1.54, 1.807) is 49.2 Å². The van der Waals surface area contributed by atoms with E-state index in [2.05, 4.69) is 263 Å². The fourth-order valence-corrected chi connectivity index (χ4v) is 20.7. The fourth-order valence-electron chi connectivity index (χ4n) is 14.8. The van der Waals surface area contributed by atoms with Crippen LogP contribution in [0.25, 0.3) is 24.3 Å². The molecule has 0 bridgehead atoms. The molecule has 0 saturated carbocycles. The van der Waals surface area contributed by atoms with Crippen molar-refractivity contribution in [1.82, 2.24) is 0 Å². The van der Waals surface area contributed by atoms with Gasteiger partial charge in [0.25, 0.3) is 0 Å². The average Bonchev–Trinajstić information content (AvgIpc) is 1.64. The van der Waals surface area contributed by atoms with Gasteiger partial charge in [-0.1, -0.05) is 138 Å². The summed E-state index contributed by atoms with van der Waals surface area (Å²) in [5, 5.41) is 6.31. The Balaban J connectivity index is 0.000000192. The molecular formula is C82H86Cl2O4Si2Zr-4. The molecule has 0 amide bonds. The van der Waals surface area contributed by atoms with E-state index in [1.165, 1.54) is 111 Å². The van der Waals surface area contributed by atoms with Gasteiger partial charge in [0, 0.05) is 17.6 Å². The third-order valence-corrected chi connectivity index (χ3v) is 24.5. The predicted octanol–water partition coefficient (Wildman–Crippen LogP) is 18.5. The molecule has 4 nitrogen and oxygen atoms in total. The van der Waals surface area contributed by atoms with Crippen LogP contribution in [0, 0.1) is 27.7 Å². The Morgan fingerprint density at radius 2 is 0.560 bits per heavy atom. The van der Waals surface area contributed by atoms with Crippen LogP contribution in [0.4, 0.5) is 0 Å². The van der Waals surface area contributed by atoms with E-state index < -0.39 is 38.4 Å². The summed E-state index contributed by atoms with van der Waals surface area (Å²) in [6.45, 7) is 22.9. The molecule has 468 valence electrons. The van der Waals surface area contributed by atoms with Crippen LogP contribution < -0.4 is 39.7 Å². The molecule has 4 aliphatic carbocycles. The Kier molecular flexibility index (Phi) is 22.4. The molecule has 12 rings (SSSR count). The molecule has 4 unspecified atom stereocenters. The number of halogens is 2. The molecule has 9 heteroatoms. The van der Waals surface area contributed by atoms with E-state index in [1.807, 2.05) is 0 Å². The van der Waals surface area contributed by atoms with Crippen molar-refractivity contribution in [2.75, 3.05) is 28.4 Å². The summed E-state index contributed by atoms with van der Waals surface area (Å²) in [5.74, 6) is 4.62. The Morgan fingerprint density at radius 1 is 0.352 bits per heavy atom. The van der Waals surface area contributed by atoms with Gasteiger partial charge in [-0.05, 0) is 146 Å². The zero-order chi connectivity index (χ0) is 64.6. The van der Waals surface area contributed by atoms with Crippen LogP contribution in [-0.2, 0) is 46.5 Å². The number of aryl methyl sites for hydroxylation is 8. The molecule has 4 atom stereocenters. The van der Waals surface area contributed by atoms with Gasteiger partial charge in [-0.3, -0.25) is 0 Å². The Morgan fingerprint density at radius 3 is 0.736 bits per heavy atom. The summed E-state index contributed by atoms with van der Waals surface area (Å²) in [6, 6.07) is 36.6. The second-order valence-corrected chi connectivity index (χ2v) is 32.4.